The molecule has 0 spiro atoms. The van der Waals surface area contributed by atoms with Crippen LogP contribution in [0.25, 0.3) is 6.08 Å². The van der Waals surface area contributed by atoms with Crippen molar-refractivity contribution in [1.82, 2.24) is 10.2 Å². The summed E-state index contributed by atoms with van der Waals surface area (Å²) in [6.45, 7) is 10.8. The van der Waals surface area contributed by atoms with Crippen molar-refractivity contribution in [2.45, 2.75) is 51.5 Å². The number of fused-ring (bicyclic) bond motifs is 1. The first-order valence-electron chi connectivity index (χ1n) is 13.9. The van der Waals surface area contributed by atoms with Crippen LogP contribution in [0.2, 0.25) is 0 Å². The van der Waals surface area contributed by atoms with E-state index in [0.29, 0.717) is 23.6 Å². The summed E-state index contributed by atoms with van der Waals surface area (Å²) in [5, 5.41) is 3.04. The number of thioether (sulfide) groups is 1. The molecule has 204 valence electrons. The monoisotopic (exact) mass is 541 g/mol. The number of carbonyl (C=O) groups excluding carboxylic acids is 2. The summed E-state index contributed by atoms with van der Waals surface area (Å²) in [5.41, 5.74) is 4.74. The maximum Gasteiger partial charge on any atom is 0.265 e. The van der Waals surface area contributed by atoms with Crippen molar-refractivity contribution in [2.24, 2.45) is 0 Å². The SMILES string of the molecule is CCCCN(CC)CCCNC(=O)c1ccc(C=C2Sc3ccccc3N(Cc3cccc(C)c3)C2=O)cc1. The molecule has 1 N–H and O–H groups in total. The molecule has 3 aromatic rings. The largest absolute Gasteiger partial charge is 0.352 e. The van der Waals surface area contributed by atoms with Gasteiger partial charge in [-0.05, 0) is 80.9 Å². The van der Waals surface area contributed by atoms with Gasteiger partial charge >= 0.3 is 0 Å². The third kappa shape index (κ3) is 7.84. The summed E-state index contributed by atoms with van der Waals surface area (Å²) in [6, 6.07) is 23.8. The third-order valence-electron chi connectivity index (χ3n) is 6.94. The van der Waals surface area contributed by atoms with Crippen molar-refractivity contribution >= 4 is 35.3 Å². The van der Waals surface area contributed by atoms with Crippen molar-refractivity contribution in [2.75, 3.05) is 31.1 Å². The Morgan fingerprint density at radius 3 is 2.49 bits per heavy atom. The van der Waals surface area contributed by atoms with Gasteiger partial charge in [-0.25, -0.2) is 0 Å². The minimum absolute atomic E-state index is 0.0120. The third-order valence-corrected chi connectivity index (χ3v) is 8.02. The lowest BCUT2D eigenvalue weighted by Gasteiger charge is -2.30. The second-order valence-electron chi connectivity index (χ2n) is 9.98. The number of hydrogen-bond donors (Lipinski definition) is 1. The van der Waals surface area contributed by atoms with Crippen LogP contribution in [0.15, 0.2) is 82.6 Å². The predicted molar refractivity (Wildman–Crippen MR) is 163 cm³/mol. The average molecular weight is 542 g/mol. The molecule has 6 heteroatoms. The zero-order valence-corrected chi connectivity index (χ0v) is 24.1. The van der Waals surface area contributed by atoms with E-state index in [-0.39, 0.29) is 11.8 Å². The number of aryl methyl sites for hydroxylation is 1. The van der Waals surface area contributed by atoms with E-state index >= 15 is 0 Å². The number of benzene rings is 3. The maximum atomic E-state index is 13.6. The summed E-state index contributed by atoms with van der Waals surface area (Å²) >= 11 is 1.50. The van der Waals surface area contributed by atoms with E-state index in [2.05, 4.69) is 55.3 Å². The lowest BCUT2D eigenvalue weighted by molar-refractivity contribution is -0.114. The predicted octanol–water partition coefficient (Wildman–Crippen LogP) is 6.92. The van der Waals surface area contributed by atoms with Crippen LogP contribution in [0, 0.1) is 6.92 Å². The van der Waals surface area contributed by atoms with Gasteiger partial charge in [0.25, 0.3) is 11.8 Å². The van der Waals surface area contributed by atoms with Gasteiger partial charge in [0.2, 0.25) is 0 Å². The van der Waals surface area contributed by atoms with Crippen molar-refractivity contribution in [3.05, 3.63) is 100.0 Å². The first-order chi connectivity index (χ1) is 19.0. The zero-order valence-electron chi connectivity index (χ0n) is 23.3. The molecule has 5 nitrogen and oxygen atoms in total. The molecule has 0 saturated heterocycles. The molecule has 0 unspecified atom stereocenters. The second kappa shape index (κ2) is 14.2. The fourth-order valence-corrected chi connectivity index (χ4v) is 5.77. The van der Waals surface area contributed by atoms with E-state index in [9.17, 15) is 9.59 Å². The van der Waals surface area contributed by atoms with Crippen LogP contribution in [-0.2, 0) is 11.3 Å². The molecule has 0 atom stereocenters. The number of rotatable bonds is 12. The van der Waals surface area contributed by atoms with E-state index in [1.165, 1.54) is 30.2 Å². The molecule has 4 rings (SSSR count). The number of amides is 2. The van der Waals surface area contributed by atoms with Gasteiger partial charge < -0.3 is 15.1 Å². The summed E-state index contributed by atoms with van der Waals surface area (Å²) in [7, 11) is 0. The first kappa shape index (κ1) is 28.7. The number of unbranched alkanes of at least 4 members (excludes halogenated alkanes) is 1. The van der Waals surface area contributed by atoms with Crippen LogP contribution in [-0.4, -0.2) is 42.9 Å². The topological polar surface area (TPSA) is 52.7 Å². The van der Waals surface area contributed by atoms with Crippen molar-refractivity contribution in [3.8, 4) is 0 Å². The number of nitrogens with one attached hydrogen (secondary N) is 1. The number of para-hydroxylation sites is 1. The standard InChI is InChI=1S/C33H39N3O2S/c1-4-6-20-35(5-2)21-10-19-34-32(37)28-17-15-26(16-18-28)23-31-33(38)36(24-27-12-9-11-25(3)22-27)29-13-7-8-14-30(29)39-31/h7-9,11-18,22-23H,4-6,10,19-21,24H2,1-3H3,(H,34,37). The molecule has 2 amide bonds. The first-order valence-corrected chi connectivity index (χ1v) is 14.8. The van der Waals surface area contributed by atoms with E-state index in [1.807, 2.05) is 59.5 Å². The van der Waals surface area contributed by atoms with E-state index < -0.39 is 0 Å². The summed E-state index contributed by atoms with van der Waals surface area (Å²) in [6.07, 6.45) is 5.27. The number of hydrogen-bond acceptors (Lipinski definition) is 4. The van der Waals surface area contributed by atoms with Gasteiger partial charge in [-0.2, -0.15) is 0 Å². The van der Waals surface area contributed by atoms with Crippen molar-refractivity contribution in [3.63, 3.8) is 0 Å². The minimum Gasteiger partial charge on any atom is -0.352 e. The Morgan fingerprint density at radius 2 is 1.74 bits per heavy atom. The lowest BCUT2D eigenvalue weighted by atomic mass is 10.1. The van der Waals surface area contributed by atoms with Crippen LogP contribution in [0.5, 0.6) is 0 Å². The lowest BCUT2D eigenvalue weighted by Crippen LogP contribution is -2.33. The summed E-state index contributed by atoms with van der Waals surface area (Å²) in [4.78, 5) is 32.3. The molecule has 0 aliphatic carbocycles. The molecule has 1 aliphatic heterocycles. The Kier molecular flexibility index (Phi) is 10.4. The van der Waals surface area contributed by atoms with Crippen LogP contribution in [0.3, 0.4) is 0 Å². The van der Waals surface area contributed by atoms with Crippen molar-refractivity contribution < 1.29 is 9.59 Å². The van der Waals surface area contributed by atoms with E-state index in [0.717, 1.165) is 47.8 Å². The molecule has 3 aromatic carbocycles. The molecule has 0 bridgehead atoms. The molecule has 1 heterocycles. The van der Waals surface area contributed by atoms with E-state index in [4.69, 9.17) is 0 Å². The molecule has 39 heavy (non-hydrogen) atoms. The smallest absolute Gasteiger partial charge is 0.265 e. The van der Waals surface area contributed by atoms with Gasteiger partial charge in [0.05, 0.1) is 17.1 Å². The molecule has 0 fully saturated rings. The van der Waals surface area contributed by atoms with Crippen LogP contribution in [0.4, 0.5) is 5.69 Å². The molecule has 1 aliphatic rings. The molecular weight excluding hydrogens is 502 g/mol. The summed E-state index contributed by atoms with van der Waals surface area (Å²) < 4.78 is 0. The highest BCUT2D eigenvalue weighted by Crippen LogP contribution is 2.42. The number of nitrogens with zero attached hydrogens (tertiary/aromatic N) is 2. The van der Waals surface area contributed by atoms with Crippen LogP contribution < -0.4 is 10.2 Å². The Bertz CT molecular complexity index is 1300. The Morgan fingerprint density at radius 1 is 0.974 bits per heavy atom. The summed E-state index contributed by atoms with van der Waals surface area (Å²) in [5.74, 6) is -0.0747. The molecule has 0 radical (unpaired) electrons. The quantitative estimate of drug-likeness (QED) is 0.200. The fraction of sp³-hybridized carbons (Fsp3) is 0.333. The average Bonchev–Trinajstić information content (AvgIpc) is 2.95. The second-order valence-corrected chi connectivity index (χ2v) is 11.1. The Labute approximate surface area is 237 Å². The Balaban J connectivity index is 1.41. The Hall–Kier alpha value is -3.35. The van der Waals surface area contributed by atoms with Crippen molar-refractivity contribution in [1.29, 1.82) is 0 Å². The minimum atomic E-state index is -0.0628. The van der Waals surface area contributed by atoms with Gasteiger partial charge in [0, 0.05) is 17.0 Å². The zero-order chi connectivity index (χ0) is 27.6. The molecular formula is C33H39N3O2S. The normalized spacial score (nSPS) is 14.1. The van der Waals surface area contributed by atoms with Crippen LogP contribution >= 0.6 is 11.8 Å². The van der Waals surface area contributed by atoms with Crippen LogP contribution in [0.1, 0.15) is 60.2 Å². The molecule has 0 saturated carbocycles. The molecule has 0 aromatic heterocycles. The highest BCUT2D eigenvalue weighted by Gasteiger charge is 2.29. The van der Waals surface area contributed by atoms with Gasteiger partial charge in [-0.1, -0.05) is 86.1 Å². The highest BCUT2D eigenvalue weighted by atomic mass is 32.2. The van der Waals surface area contributed by atoms with E-state index in [1.54, 1.807) is 0 Å². The van der Waals surface area contributed by atoms with Gasteiger partial charge in [-0.15, -0.1) is 0 Å². The fourth-order valence-electron chi connectivity index (χ4n) is 4.71. The number of carbonyl (C=O) groups is 2. The van der Waals surface area contributed by atoms with Gasteiger partial charge in [-0.3, -0.25) is 9.59 Å². The van der Waals surface area contributed by atoms with Gasteiger partial charge in [0.1, 0.15) is 0 Å². The maximum absolute atomic E-state index is 13.6. The van der Waals surface area contributed by atoms with Gasteiger partial charge in [0.15, 0.2) is 0 Å². The highest BCUT2D eigenvalue weighted by molar-refractivity contribution is 8.04. The number of anilines is 1.